The lowest BCUT2D eigenvalue weighted by molar-refractivity contribution is 0.144. The summed E-state index contributed by atoms with van der Waals surface area (Å²) in [5.74, 6) is 0. The first-order chi connectivity index (χ1) is 9.09. The first-order valence-electron chi connectivity index (χ1n) is 6.62. The number of rotatable bonds is 3. The Morgan fingerprint density at radius 2 is 2.05 bits per heavy atom. The molecule has 2 atom stereocenters. The van der Waals surface area contributed by atoms with E-state index in [0.29, 0.717) is 10.6 Å². The van der Waals surface area contributed by atoms with Gasteiger partial charge in [0.05, 0.1) is 22.7 Å². The van der Waals surface area contributed by atoms with Gasteiger partial charge >= 0.3 is 0 Å². The molecule has 1 aromatic rings. The van der Waals surface area contributed by atoms with Gasteiger partial charge in [0.1, 0.15) is 4.99 Å². The van der Waals surface area contributed by atoms with Crippen LogP contribution < -0.4 is 11.1 Å². The molecule has 5 heteroatoms. The van der Waals surface area contributed by atoms with Crippen LogP contribution in [0.5, 0.6) is 0 Å². The fourth-order valence-electron chi connectivity index (χ4n) is 2.55. The Labute approximate surface area is 124 Å². The number of anilines is 1. The van der Waals surface area contributed by atoms with E-state index in [4.69, 9.17) is 29.6 Å². The van der Waals surface area contributed by atoms with Gasteiger partial charge in [-0.1, -0.05) is 49.1 Å². The molecule has 104 valence electrons. The van der Waals surface area contributed by atoms with Gasteiger partial charge in [-0.25, -0.2) is 0 Å². The molecule has 2 rings (SSSR count). The van der Waals surface area contributed by atoms with Gasteiger partial charge in [0, 0.05) is 5.69 Å². The molecule has 1 aliphatic carbocycles. The summed E-state index contributed by atoms with van der Waals surface area (Å²) in [6, 6.07) is 5.56. The van der Waals surface area contributed by atoms with Crippen LogP contribution in [0.1, 0.15) is 37.7 Å². The van der Waals surface area contributed by atoms with Gasteiger partial charge in [0.2, 0.25) is 0 Å². The van der Waals surface area contributed by atoms with Gasteiger partial charge in [-0.2, -0.15) is 0 Å². The SMILES string of the molecule is NC(=S)c1c(Cl)cccc1NC1CCCCCC1O. The molecule has 0 aromatic heterocycles. The van der Waals surface area contributed by atoms with Crippen LogP contribution in [0, 0.1) is 0 Å². The van der Waals surface area contributed by atoms with E-state index in [1.165, 1.54) is 6.42 Å². The van der Waals surface area contributed by atoms with Crippen molar-refractivity contribution in [3.63, 3.8) is 0 Å². The Morgan fingerprint density at radius 3 is 2.79 bits per heavy atom. The molecule has 0 spiro atoms. The highest BCUT2D eigenvalue weighted by Gasteiger charge is 2.22. The van der Waals surface area contributed by atoms with Gasteiger partial charge < -0.3 is 16.2 Å². The van der Waals surface area contributed by atoms with E-state index in [-0.39, 0.29) is 17.1 Å². The molecular weight excluding hydrogens is 280 g/mol. The standard InChI is InChI=1S/C14H19ClN2OS/c15-9-5-4-7-11(13(9)14(16)19)17-10-6-2-1-3-8-12(10)18/h4-5,7,10,12,17-18H,1-3,6,8H2,(H2,16,19). The number of thiocarbonyl (C=S) groups is 1. The quantitative estimate of drug-likeness (QED) is 0.593. The monoisotopic (exact) mass is 298 g/mol. The molecule has 2 unspecified atom stereocenters. The van der Waals surface area contributed by atoms with Crippen LogP contribution in [0.3, 0.4) is 0 Å². The molecule has 0 aliphatic heterocycles. The van der Waals surface area contributed by atoms with E-state index in [0.717, 1.165) is 31.4 Å². The predicted octanol–water partition coefficient (Wildman–Crippen LogP) is 3.08. The maximum absolute atomic E-state index is 10.1. The number of benzene rings is 1. The molecule has 0 amide bonds. The first-order valence-corrected chi connectivity index (χ1v) is 7.41. The van der Waals surface area contributed by atoms with Crippen molar-refractivity contribution in [3.05, 3.63) is 28.8 Å². The van der Waals surface area contributed by atoms with Crippen LogP contribution in [-0.4, -0.2) is 22.2 Å². The summed E-state index contributed by atoms with van der Waals surface area (Å²) in [7, 11) is 0. The maximum Gasteiger partial charge on any atom is 0.107 e. The molecule has 1 aliphatic rings. The summed E-state index contributed by atoms with van der Waals surface area (Å²) in [6.45, 7) is 0. The third kappa shape index (κ3) is 3.59. The zero-order valence-electron chi connectivity index (χ0n) is 10.7. The van der Waals surface area contributed by atoms with Crippen molar-refractivity contribution in [3.8, 4) is 0 Å². The number of hydrogen-bond acceptors (Lipinski definition) is 3. The van der Waals surface area contributed by atoms with Crippen molar-refractivity contribution in [1.82, 2.24) is 0 Å². The topological polar surface area (TPSA) is 58.3 Å². The molecule has 1 aromatic carbocycles. The lowest BCUT2D eigenvalue weighted by atomic mass is 10.0. The minimum Gasteiger partial charge on any atom is -0.391 e. The second-order valence-corrected chi connectivity index (χ2v) is 5.83. The molecule has 19 heavy (non-hydrogen) atoms. The van der Waals surface area contributed by atoms with Crippen LogP contribution in [0.15, 0.2) is 18.2 Å². The first kappa shape index (κ1) is 14.6. The predicted molar refractivity (Wildman–Crippen MR) is 83.8 cm³/mol. The fraction of sp³-hybridized carbons (Fsp3) is 0.500. The lowest BCUT2D eigenvalue weighted by Crippen LogP contribution is -2.33. The van der Waals surface area contributed by atoms with Crippen LogP contribution in [0.25, 0.3) is 0 Å². The van der Waals surface area contributed by atoms with E-state index in [1.807, 2.05) is 12.1 Å². The maximum atomic E-state index is 10.1. The van der Waals surface area contributed by atoms with Crippen molar-refractivity contribution in [1.29, 1.82) is 0 Å². The molecule has 1 fully saturated rings. The van der Waals surface area contributed by atoms with Gasteiger partial charge in [0.25, 0.3) is 0 Å². The van der Waals surface area contributed by atoms with Gasteiger partial charge in [-0.3, -0.25) is 0 Å². The molecule has 4 N–H and O–H groups in total. The Morgan fingerprint density at radius 1 is 1.32 bits per heavy atom. The molecule has 3 nitrogen and oxygen atoms in total. The summed E-state index contributed by atoms with van der Waals surface area (Å²) in [6.07, 6.45) is 4.83. The average Bonchev–Trinajstić information content (AvgIpc) is 2.54. The highest BCUT2D eigenvalue weighted by Crippen LogP contribution is 2.27. The number of halogens is 1. The Balaban J connectivity index is 2.22. The average molecular weight is 299 g/mol. The van der Waals surface area contributed by atoms with Crippen LogP contribution in [0.2, 0.25) is 5.02 Å². The lowest BCUT2D eigenvalue weighted by Gasteiger charge is -2.24. The van der Waals surface area contributed by atoms with Crippen LogP contribution in [-0.2, 0) is 0 Å². The van der Waals surface area contributed by atoms with E-state index in [1.54, 1.807) is 6.07 Å². The summed E-state index contributed by atoms with van der Waals surface area (Å²) in [5.41, 5.74) is 7.20. The van der Waals surface area contributed by atoms with E-state index < -0.39 is 0 Å². The summed E-state index contributed by atoms with van der Waals surface area (Å²) < 4.78 is 0. The number of aliphatic hydroxyl groups is 1. The molecule has 0 radical (unpaired) electrons. The largest absolute Gasteiger partial charge is 0.391 e. The molecule has 0 saturated heterocycles. The smallest absolute Gasteiger partial charge is 0.107 e. The van der Waals surface area contributed by atoms with Crippen LogP contribution in [0.4, 0.5) is 5.69 Å². The van der Waals surface area contributed by atoms with Crippen molar-refractivity contribution in [2.45, 2.75) is 44.2 Å². The Hall–Kier alpha value is -0.840. The van der Waals surface area contributed by atoms with Gasteiger partial charge in [0.15, 0.2) is 0 Å². The van der Waals surface area contributed by atoms with Crippen molar-refractivity contribution >= 4 is 34.5 Å². The second kappa shape index (κ2) is 6.55. The third-order valence-electron chi connectivity index (χ3n) is 3.58. The zero-order chi connectivity index (χ0) is 13.8. The number of aliphatic hydroxyl groups excluding tert-OH is 1. The fourth-order valence-corrected chi connectivity index (χ4v) is 3.10. The van der Waals surface area contributed by atoms with E-state index >= 15 is 0 Å². The summed E-state index contributed by atoms with van der Waals surface area (Å²) in [5, 5.41) is 14.1. The molecule has 0 bridgehead atoms. The number of hydrogen-bond donors (Lipinski definition) is 3. The summed E-state index contributed by atoms with van der Waals surface area (Å²) >= 11 is 11.2. The molecule has 0 heterocycles. The van der Waals surface area contributed by atoms with Crippen LogP contribution >= 0.6 is 23.8 Å². The van der Waals surface area contributed by atoms with Crippen molar-refractivity contribution in [2.24, 2.45) is 5.73 Å². The molecular formula is C14H19ClN2OS. The minimum absolute atomic E-state index is 0.0362. The second-order valence-electron chi connectivity index (χ2n) is 4.98. The van der Waals surface area contributed by atoms with E-state index in [2.05, 4.69) is 5.32 Å². The Bertz CT molecular complexity index is 467. The minimum atomic E-state index is -0.333. The van der Waals surface area contributed by atoms with Gasteiger partial charge in [-0.15, -0.1) is 0 Å². The van der Waals surface area contributed by atoms with Gasteiger partial charge in [-0.05, 0) is 25.0 Å². The van der Waals surface area contributed by atoms with Crippen molar-refractivity contribution < 1.29 is 5.11 Å². The Kier molecular flexibility index (Phi) is 5.02. The normalized spacial score (nSPS) is 23.7. The molecule has 1 saturated carbocycles. The number of nitrogens with one attached hydrogen (secondary N) is 1. The van der Waals surface area contributed by atoms with E-state index in [9.17, 15) is 5.11 Å². The third-order valence-corrected chi connectivity index (χ3v) is 4.10. The highest BCUT2D eigenvalue weighted by atomic mass is 35.5. The summed E-state index contributed by atoms with van der Waals surface area (Å²) in [4.78, 5) is 0.274. The number of nitrogens with two attached hydrogens (primary N) is 1. The van der Waals surface area contributed by atoms with Crippen molar-refractivity contribution in [2.75, 3.05) is 5.32 Å². The zero-order valence-corrected chi connectivity index (χ0v) is 12.3. The highest BCUT2D eigenvalue weighted by molar-refractivity contribution is 7.80.